The maximum Gasteiger partial charge on any atom is 0.250 e. The SMILES string of the molecule is Cc1cc(S(=O)(=O)N[C@H](c2cccnc2)C2CC2)sc1C. The van der Waals surface area contributed by atoms with E-state index in [2.05, 4.69) is 9.71 Å². The zero-order valence-corrected chi connectivity index (χ0v) is 13.7. The molecule has 0 aliphatic heterocycles. The van der Waals surface area contributed by atoms with Crippen molar-refractivity contribution in [1.29, 1.82) is 0 Å². The van der Waals surface area contributed by atoms with E-state index in [1.54, 1.807) is 18.5 Å². The van der Waals surface area contributed by atoms with Crippen LogP contribution in [-0.4, -0.2) is 13.4 Å². The molecule has 1 aliphatic carbocycles. The van der Waals surface area contributed by atoms with Gasteiger partial charge in [0.25, 0.3) is 10.0 Å². The number of sulfonamides is 1. The van der Waals surface area contributed by atoms with Gasteiger partial charge in [-0.25, -0.2) is 13.1 Å². The number of aromatic nitrogens is 1. The third-order valence-corrected chi connectivity index (χ3v) is 6.89. The molecule has 6 heteroatoms. The van der Waals surface area contributed by atoms with Gasteiger partial charge in [0.1, 0.15) is 4.21 Å². The first-order valence-electron chi connectivity index (χ1n) is 6.96. The van der Waals surface area contributed by atoms with Gasteiger partial charge in [-0.05, 0) is 55.9 Å². The van der Waals surface area contributed by atoms with Crippen molar-refractivity contribution in [2.45, 2.75) is 36.9 Å². The molecule has 0 spiro atoms. The van der Waals surface area contributed by atoms with E-state index < -0.39 is 10.0 Å². The van der Waals surface area contributed by atoms with Crippen molar-refractivity contribution in [3.05, 3.63) is 46.6 Å². The molecule has 112 valence electrons. The molecule has 2 heterocycles. The van der Waals surface area contributed by atoms with E-state index in [9.17, 15) is 8.42 Å². The first-order chi connectivity index (χ1) is 9.97. The monoisotopic (exact) mass is 322 g/mol. The Balaban J connectivity index is 1.89. The average Bonchev–Trinajstić information content (AvgIpc) is 3.24. The lowest BCUT2D eigenvalue weighted by Crippen LogP contribution is -2.29. The first kappa shape index (κ1) is 14.7. The van der Waals surface area contributed by atoms with Gasteiger partial charge in [-0.2, -0.15) is 0 Å². The molecule has 1 atom stereocenters. The number of hydrogen-bond acceptors (Lipinski definition) is 4. The third-order valence-electron chi connectivity index (χ3n) is 3.83. The minimum absolute atomic E-state index is 0.175. The Morgan fingerprint density at radius 1 is 1.38 bits per heavy atom. The first-order valence-corrected chi connectivity index (χ1v) is 9.26. The summed E-state index contributed by atoms with van der Waals surface area (Å²) in [5, 5.41) is 0. The van der Waals surface area contributed by atoms with Crippen molar-refractivity contribution >= 4 is 21.4 Å². The van der Waals surface area contributed by atoms with Crippen molar-refractivity contribution < 1.29 is 8.42 Å². The predicted octanol–water partition coefficient (Wildman–Crippen LogP) is 3.19. The second-order valence-electron chi connectivity index (χ2n) is 5.53. The summed E-state index contributed by atoms with van der Waals surface area (Å²) in [4.78, 5) is 5.15. The highest BCUT2D eigenvalue weighted by Gasteiger charge is 2.36. The minimum Gasteiger partial charge on any atom is -0.264 e. The van der Waals surface area contributed by atoms with Crippen molar-refractivity contribution in [3.63, 3.8) is 0 Å². The van der Waals surface area contributed by atoms with Crippen LogP contribution in [0.25, 0.3) is 0 Å². The Hall–Kier alpha value is -1.24. The highest BCUT2D eigenvalue weighted by molar-refractivity contribution is 7.91. The molecule has 0 aromatic carbocycles. The number of rotatable bonds is 5. The van der Waals surface area contributed by atoms with Gasteiger partial charge >= 0.3 is 0 Å². The number of thiophene rings is 1. The summed E-state index contributed by atoms with van der Waals surface area (Å²) in [6.45, 7) is 3.88. The molecule has 0 unspecified atom stereocenters. The van der Waals surface area contributed by atoms with Gasteiger partial charge in [0, 0.05) is 17.3 Å². The lowest BCUT2D eigenvalue weighted by molar-refractivity contribution is 0.529. The summed E-state index contributed by atoms with van der Waals surface area (Å²) in [5.74, 6) is 0.381. The fraction of sp³-hybridized carbons (Fsp3) is 0.400. The summed E-state index contributed by atoms with van der Waals surface area (Å²) in [5.41, 5.74) is 1.96. The Kier molecular flexibility index (Phi) is 3.86. The van der Waals surface area contributed by atoms with Crippen molar-refractivity contribution in [1.82, 2.24) is 9.71 Å². The number of nitrogens with one attached hydrogen (secondary N) is 1. The molecular formula is C15H18N2O2S2. The van der Waals surface area contributed by atoms with E-state index in [4.69, 9.17) is 0 Å². The molecule has 3 rings (SSSR count). The lowest BCUT2D eigenvalue weighted by atomic mass is 10.1. The van der Waals surface area contributed by atoms with E-state index >= 15 is 0 Å². The molecule has 2 aromatic heterocycles. The molecule has 0 bridgehead atoms. The second kappa shape index (κ2) is 5.51. The van der Waals surface area contributed by atoms with Crippen molar-refractivity contribution in [2.75, 3.05) is 0 Å². The second-order valence-corrected chi connectivity index (χ2v) is 8.72. The Labute approximate surface area is 129 Å². The van der Waals surface area contributed by atoms with Crippen molar-refractivity contribution in [3.8, 4) is 0 Å². The van der Waals surface area contributed by atoms with Crippen LogP contribution >= 0.6 is 11.3 Å². The van der Waals surface area contributed by atoms with Gasteiger partial charge in [0.15, 0.2) is 0 Å². The number of nitrogens with zero attached hydrogens (tertiary/aromatic N) is 1. The number of pyridine rings is 1. The van der Waals surface area contributed by atoms with Gasteiger partial charge < -0.3 is 0 Å². The minimum atomic E-state index is -3.47. The molecule has 0 saturated heterocycles. The summed E-state index contributed by atoms with van der Waals surface area (Å²) < 4.78 is 28.5. The van der Waals surface area contributed by atoms with Crippen LogP contribution in [-0.2, 0) is 10.0 Å². The van der Waals surface area contributed by atoms with Crippen LogP contribution in [0.4, 0.5) is 0 Å². The van der Waals surface area contributed by atoms with Gasteiger partial charge in [0.05, 0.1) is 6.04 Å². The fourth-order valence-electron chi connectivity index (χ4n) is 2.32. The quantitative estimate of drug-likeness (QED) is 0.919. The van der Waals surface area contributed by atoms with Gasteiger partial charge in [-0.15, -0.1) is 11.3 Å². The molecule has 1 N–H and O–H groups in total. The van der Waals surface area contributed by atoms with Crippen molar-refractivity contribution in [2.24, 2.45) is 5.92 Å². The van der Waals surface area contributed by atoms with E-state index in [0.717, 1.165) is 28.8 Å². The Morgan fingerprint density at radius 2 is 2.14 bits per heavy atom. The summed E-state index contributed by atoms with van der Waals surface area (Å²) in [7, 11) is -3.47. The van der Waals surface area contributed by atoms with Crippen LogP contribution in [0.15, 0.2) is 34.8 Å². The van der Waals surface area contributed by atoms with E-state index in [0.29, 0.717) is 10.1 Å². The molecule has 4 nitrogen and oxygen atoms in total. The number of aryl methyl sites for hydroxylation is 2. The summed E-state index contributed by atoms with van der Waals surface area (Å²) in [6, 6.07) is 5.35. The van der Waals surface area contributed by atoms with Crippen LogP contribution in [0, 0.1) is 19.8 Å². The van der Waals surface area contributed by atoms with Gasteiger partial charge in [-0.1, -0.05) is 6.07 Å². The van der Waals surface area contributed by atoms with Crippen LogP contribution in [0.1, 0.15) is 34.9 Å². The molecule has 2 aromatic rings. The Morgan fingerprint density at radius 3 is 2.67 bits per heavy atom. The van der Waals surface area contributed by atoms with Crippen LogP contribution in [0.2, 0.25) is 0 Å². The molecule has 1 fully saturated rings. The molecule has 0 amide bonds. The predicted molar refractivity (Wildman–Crippen MR) is 83.8 cm³/mol. The largest absolute Gasteiger partial charge is 0.264 e. The molecule has 0 radical (unpaired) electrons. The normalized spacial score (nSPS) is 16.9. The van der Waals surface area contributed by atoms with Crippen LogP contribution in [0.5, 0.6) is 0 Å². The zero-order valence-electron chi connectivity index (χ0n) is 12.0. The van der Waals surface area contributed by atoms with Gasteiger partial charge in [-0.3, -0.25) is 4.98 Å². The van der Waals surface area contributed by atoms with E-state index in [1.165, 1.54) is 11.3 Å². The summed E-state index contributed by atoms with van der Waals surface area (Å²) >= 11 is 1.32. The zero-order chi connectivity index (χ0) is 15.0. The smallest absolute Gasteiger partial charge is 0.250 e. The maximum atomic E-state index is 12.6. The summed E-state index contributed by atoms with van der Waals surface area (Å²) in [6.07, 6.45) is 5.57. The lowest BCUT2D eigenvalue weighted by Gasteiger charge is -2.17. The van der Waals surface area contributed by atoms with Crippen LogP contribution in [0.3, 0.4) is 0 Å². The van der Waals surface area contributed by atoms with E-state index in [1.807, 2.05) is 26.0 Å². The fourth-order valence-corrected chi connectivity index (χ4v) is 5.15. The highest BCUT2D eigenvalue weighted by atomic mass is 32.2. The third kappa shape index (κ3) is 3.17. The maximum absolute atomic E-state index is 12.6. The topological polar surface area (TPSA) is 59.1 Å². The molecule has 21 heavy (non-hydrogen) atoms. The van der Waals surface area contributed by atoms with Crippen LogP contribution < -0.4 is 4.72 Å². The Bertz CT molecular complexity index is 715. The highest BCUT2D eigenvalue weighted by Crippen LogP contribution is 2.41. The average molecular weight is 322 g/mol. The van der Waals surface area contributed by atoms with E-state index in [-0.39, 0.29) is 6.04 Å². The number of hydrogen-bond donors (Lipinski definition) is 1. The van der Waals surface area contributed by atoms with Gasteiger partial charge in [0.2, 0.25) is 0 Å². The molecular weight excluding hydrogens is 304 g/mol. The molecule has 1 aliphatic rings. The molecule has 1 saturated carbocycles. The standard InChI is InChI=1S/C15H18N2O2S2/c1-10-8-14(20-11(10)2)21(18,19)17-15(12-5-6-12)13-4-3-7-16-9-13/h3-4,7-9,12,15,17H,5-6H2,1-2H3/t15-/m0/s1.